The lowest BCUT2D eigenvalue weighted by atomic mass is 9.97. The molecule has 8 heteroatoms. The highest BCUT2D eigenvalue weighted by molar-refractivity contribution is 6.38. The second-order valence-electron chi connectivity index (χ2n) is 28.8. The normalized spacial score (nSPS) is 12.3. The molecule has 498 valence electrons. The molecule has 0 bridgehead atoms. The maximum Gasteiger partial charge on any atom is 0.235 e. The van der Waals surface area contributed by atoms with Gasteiger partial charge in [-0.05, 0) is 141 Å². The molecule has 8 nitrogen and oxygen atoms in total. The molecule has 0 atom stereocenters. The van der Waals surface area contributed by atoms with E-state index >= 15 is 0 Å². The lowest BCUT2D eigenvalue weighted by Crippen LogP contribution is -2.03. The molecular formula is C100H58N8. The molecule has 108 heavy (non-hydrogen) atoms. The topological polar surface area (TPSA) is 70.2 Å². The monoisotopic (exact) mass is 1370 g/mol. The van der Waals surface area contributed by atoms with E-state index in [2.05, 4.69) is 370 Å². The highest BCUT2D eigenvalue weighted by Crippen LogP contribution is 2.51. The van der Waals surface area contributed by atoms with Crippen molar-refractivity contribution in [1.82, 2.24) is 37.9 Å². The van der Waals surface area contributed by atoms with E-state index < -0.39 is 0 Å². The maximum absolute atomic E-state index is 5.68. The smallest absolute Gasteiger partial charge is 0.235 e. The molecule has 0 aliphatic heterocycles. The Morgan fingerprint density at radius 3 is 1.07 bits per heavy atom. The summed E-state index contributed by atoms with van der Waals surface area (Å²) in [5, 5.41) is 16.4. The Morgan fingerprint density at radius 1 is 0.185 bits per heavy atom. The summed E-state index contributed by atoms with van der Waals surface area (Å²) in [5.74, 6) is 2.13. The highest BCUT2D eigenvalue weighted by atomic mass is 15.2. The maximum atomic E-state index is 5.68. The minimum atomic E-state index is 0.629. The largest absolute Gasteiger partial charge is 0.308 e. The van der Waals surface area contributed by atoms with Crippen LogP contribution < -0.4 is 0 Å². The fraction of sp³-hybridized carbons (Fsp3) is 0. The molecular weight excluding hydrogens is 1310 g/mol. The Labute approximate surface area is 617 Å². The molecule has 8 heterocycles. The lowest BCUT2D eigenvalue weighted by Gasteiger charge is -2.13. The summed E-state index contributed by atoms with van der Waals surface area (Å²) in [7, 11) is 0. The second kappa shape index (κ2) is 22.5. The minimum absolute atomic E-state index is 0.629. The average Bonchev–Trinajstić information content (AvgIpc) is 1.52. The minimum Gasteiger partial charge on any atom is -0.308 e. The van der Waals surface area contributed by atoms with Crippen molar-refractivity contribution in [1.29, 1.82) is 0 Å². The van der Waals surface area contributed by atoms with E-state index in [4.69, 9.17) is 19.9 Å². The van der Waals surface area contributed by atoms with Crippen LogP contribution in [-0.2, 0) is 0 Å². The molecule has 0 radical (unpaired) electrons. The molecule has 0 saturated heterocycles. The second-order valence-corrected chi connectivity index (χ2v) is 28.8. The first-order chi connectivity index (χ1) is 53.6. The van der Waals surface area contributed by atoms with Gasteiger partial charge in [-0.15, -0.1) is 0 Å². The van der Waals surface area contributed by atoms with Gasteiger partial charge in [0.2, 0.25) is 5.95 Å². The van der Waals surface area contributed by atoms with Crippen molar-refractivity contribution in [2.24, 2.45) is 0 Å². The van der Waals surface area contributed by atoms with Crippen LogP contribution in [0.5, 0.6) is 0 Å². The average molecular weight is 1370 g/mol. The molecule has 0 N–H and O–H groups in total. The van der Waals surface area contributed by atoms with Gasteiger partial charge in [0.25, 0.3) is 0 Å². The van der Waals surface area contributed by atoms with E-state index in [1.165, 1.54) is 115 Å². The SMILES string of the molecule is c1ccc(-c2ccc(-c3nc(-n4c5ccc(-c6ccc(-c7ccc(-c8nc(-n9c%10ccccc%10c%10c%11c%12ccccc%12n%12c%13ccc(-c%14ccccc%14)cc%13c(cc%109)c%11%12)nc9ccccc89)cc7)cc6)cc5c5c6c7ccccc7n7c8ccc(-c9ccccc9)cc8c(cc54)c67)c4ccccc4n3)cc2)cc1. The number of hydrogen-bond acceptors (Lipinski definition) is 4. The molecule has 0 unspecified atom stereocenters. The zero-order valence-corrected chi connectivity index (χ0v) is 58.1. The van der Waals surface area contributed by atoms with Crippen LogP contribution in [0.3, 0.4) is 0 Å². The summed E-state index contributed by atoms with van der Waals surface area (Å²) in [6.45, 7) is 0. The molecule has 0 aliphatic carbocycles. The van der Waals surface area contributed by atoms with E-state index in [9.17, 15) is 0 Å². The van der Waals surface area contributed by atoms with Gasteiger partial charge in [-0.1, -0.05) is 267 Å². The molecule has 0 aliphatic rings. The quantitative estimate of drug-likeness (QED) is 0.144. The zero-order valence-electron chi connectivity index (χ0n) is 58.1. The van der Waals surface area contributed by atoms with E-state index in [1.54, 1.807) is 0 Å². The van der Waals surface area contributed by atoms with Crippen molar-refractivity contribution >= 4 is 142 Å². The summed E-state index contributed by atoms with van der Waals surface area (Å²) < 4.78 is 9.72. The molecule has 0 spiro atoms. The number of nitrogens with zero attached hydrogens (tertiary/aromatic N) is 8. The highest BCUT2D eigenvalue weighted by Gasteiger charge is 2.29. The summed E-state index contributed by atoms with van der Waals surface area (Å²) in [5.41, 5.74) is 27.6. The number of fused-ring (bicyclic) bond motifs is 22. The first kappa shape index (κ1) is 58.9. The standard InChI is InChI=1S/C100H58N8/c1-4-20-59(21-5-1)62-42-46-67(47-43-62)98-101-82-32-16-11-27-72(82)99(104-98)107-88-53-50-70(56-80(88)92-89(107)57-78-76-54-68(60-22-6-2-7-23-60)48-51-86(76)106-84-34-18-14-30-75(84)94(92)97(78)106)65-38-36-63(37-39-65)64-40-44-66(45-41-64)95-71-26-10-15-31-81(71)102-100(103-95)108-85-35-19-12-28-73(85)91-90(108)58-79-77-55-69(61-24-8-3-9-25-61)49-52-87(77)105-83-33-17-13-29-74(83)93(91)96(79)105/h1-58H. The van der Waals surface area contributed by atoms with Crippen LogP contribution in [0.15, 0.2) is 352 Å². The van der Waals surface area contributed by atoms with Gasteiger partial charge in [0, 0.05) is 86.5 Å². The van der Waals surface area contributed by atoms with Crippen molar-refractivity contribution in [2.75, 3.05) is 0 Å². The number of hydrogen-bond donors (Lipinski definition) is 0. The Morgan fingerprint density at radius 2 is 0.537 bits per heavy atom. The molecule has 24 aromatic rings. The molecule has 24 rings (SSSR count). The van der Waals surface area contributed by atoms with Gasteiger partial charge >= 0.3 is 0 Å². The lowest BCUT2D eigenvalue weighted by molar-refractivity contribution is 1.01. The molecule has 0 saturated carbocycles. The third-order valence-electron chi connectivity index (χ3n) is 23.1. The van der Waals surface area contributed by atoms with Crippen molar-refractivity contribution in [2.45, 2.75) is 0 Å². The summed E-state index contributed by atoms with van der Waals surface area (Å²) in [6, 6.07) is 128. The van der Waals surface area contributed by atoms with Gasteiger partial charge in [-0.25, -0.2) is 19.9 Å². The van der Waals surface area contributed by atoms with Crippen LogP contribution in [0, 0.1) is 0 Å². The van der Waals surface area contributed by atoms with Gasteiger partial charge in [0.15, 0.2) is 5.82 Å². The van der Waals surface area contributed by atoms with Crippen LogP contribution >= 0.6 is 0 Å². The third-order valence-corrected chi connectivity index (χ3v) is 23.1. The van der Waals surface area contributed by atoms with Crippen molar-refractivity contribution in [3.63, 3.8) is 0 Å². The fourth-order valence-electron chi connectivity index (χ4n) is 18.2. The number of benzene rings is 16. The Bertz CT molecular complexity index is 7870. The first-order valence-corrected chi connectivity index (χ1v) is 36.9. The Balaban J connectivity index is 0.646. The summed E-state index contributed by atoms with van der Waals surface area (Å²) >= 11 is 0. The first-order valence-electron chi connectivity index (χ1n) is 36.9. The molecule has 8 aromatic heterocycles. The zero-order chi connectivity index (χ0) is 70.4. The van der Waals surface area contributed by atoms with Crippen LogP contribution in [0.2, 0.25) is 0 Å². The predicted molar refractivity (Wildman–Crippen MR) is 449 cm³/mol. The van der Waals surface area contributed by atoms with E-state index in [0.29, 0.717) is 11.8 Å². The molecule has 16 aromatic carbocycles. The van der Waals surface area contributed by atoms with Crippen molar-refractivity contribution < 1.29 is 0 Å². The number of aromatic nitrogens is 8. The van der Waals surface area contributed by atoms with Gasteiger partial charge in [0.1, 0.15) is 5.82 Å². The Kier molecular flexibility index (Phi) is 12.2. The van der Waals surface area contributed by atoms with Crippen LogP contribution in [0.1, 0.15) is 0 Å². The summed E-state index contributed by atoms with van der Waals surface area (Å²) in [6.07, 6.45) is 0. The predicted octanol–water partition coefficient (Wildman–Crippen LogP) is 25.7. The van der Waals surface area contributed by atoms with E-state index in [0.717, 1.165) is 105 Å². The van der Waals surface area contributed by atoms with E-state index in [-0.39, 0.29) is 0 Å². The number of rotatable bonds is 9. The molecule has 0 fully saturated rings. The van der Waals surface area contributed by atoms with Crippen LogP contribution in [0.25, 0.3) is 232 Å². The van der Waals surface area contributed by atoms with Crippen molar-refractivity contribution in [3.8, 4) is 90.0 Å². The van der Waals surface area contributed by atoms with Crippen LogP contribution in [-0.4, -0.2) is 37.9 Å². The van der Waals surface area contributed by atoms with Crippen molar-refractivity contribution in [3.05, 3.63) is 352 Å². The van der Waals surface area contributed by atoms with Gasteiger partial charge < -0.3 is 8.80 Å². The van der Waals surface area contributed by atoms with Gasteiger partial charge in [0.05, 0.1) is 71.9 Å². The van der Waals surface area contributed by atoms with Gasteiger partial charge in [-0.2, -0.15) is 0 Å². The molecule has 0 amide bonds. The van der Waals surface area contributed by atoms with Gasteiger partial charge in [-0.3, -0.25) is 9.13 Å². The third kappa shape index (κ3) is 8.45. The fourth-order valence-corrected chi connectivity index (χ4v) is 18.2. The van der Waals surface area contributed by atoms with E-state index in [1.807, 2.05) is 0 Å². The number of para-hydroxylation sites is 5. The Hall–Kier alpha value is -14.6. The van der Waals surface area contributed by atoms with Crippen LogP contribution in [0.4, 0.5) is 0 Å². The summed E-state index contributed by atoms with van der Waals surface area (Å²) in [4.78, 5) is 22.1.